The van der Waals surface area contributed by atoms with Gasteiger partial charge >= 0.3 is 0 Å². The van der Waals surface area contributed by atoms with Gasteiger partial charge in [0.25, 0.3) is 0 Å². The summed E-state index contributed by atoms with van der Waals surface area (Å²) in [6.07, 6.45) is 2.59. The van der Waals surface area contributed by atoms with Gasteiger partial charge < -0.3 is 15.0 Å². The second-order valence-electron chi connectivity index (χ2n) is 6.12. The number of benzene rings is 1. The van der Waals surface area contributed by atoms with E-state index in [1.807, 2.05) is 0 Å². The minimum Gasteiger partial charge on any atom is -0.375 e. The van der Waals surface area contributed by atoms with Crippen LogP contribution in [0.25, 0.3) is 0 Å². The lowest BCUT2D eigenvalue weighted by atomic mass is 9.99. The molecule has 1 fully saturated rings. The van der Waals surface area contributed by atoms with Crippen LogP contribution >= 0.6 is 0 Å². The van der Waals surface area contributed by atoms with Gasteiger partial charge in [0.2, 0.25) is 0 Å². The zero-order valence-corrected chi connectivity index (χ0v) is 13.9. The molecule has 118 valence electrons. The van der Waals surface area contributed by atoms with Crippen molar-refractivity contribution >= 4 is 5.69 Å². The summed E-state index contributed by atoms with van der Waals surface area (Å²) in [4.78, 5) is 2.51. The summed E-state index contributed by atoms with van der Waals surface area (Å²) in [5.74, 6) is 0. The number of hydrogen-bond acceptors (Lipinski definition) is 3. The lowest BCUT2D eigenvalue weighted by Crippen LogP contribution is -2.48. The molecule has 1 aromatic rings. The van der Waals surface area contributed by atoms with Crippen LogP contribution in [0.4, 0.5) is 5.69 Å². The topological polar surface area (TPSA) is 24.5 Å². The van der Waals surface area contributed by atoms with Crippen molar-refractivity contribution < 1.29 is 4.74 Å². The molecule has 1 aromatic carbocycles. The van der Waals surface area contributed by atoms with Crippen molar-refractivity contribution in [2.75, 3.05) is 24.6 Å². The van der Waals surface area contributed by atoms with E-state index >= 15 is 0 Å². The van der Waals surface area contributed by atoms with E-state index in [4.69, 9.17) is 4.74 Å². The minimum absolute atomic E-state index is 0.304. The van der Waals surface area contributed by atoms with Crippen LogP contribution in [0, 0.1) is 0 Å². The van der Waals surface area contributed by atoms with Crippen molar-refractivity contribution in [3.8, 4) is 0 Å². The first kappa shape index (κ1) is 16.3. The number of anilines is 1. The molecule has 3 unspecified atom stereocenters. The Bertz CT molecular complexity index is 435. The number of para-hydroxylation sites is 1. The van der Waals surface area contributed by atoms with E-state index in [-0.39, 0.29) is 0 Å². The first-order chi connectivity index (χ1) is 10.2. The summed E-state index contributed by atoms with van der Waals surface area (Å²) in [7, 11) is 0. The molecule has 3 nitrogen and oxygen atoms in total. The van der Waals surface area contributed by atoms with Crippen molar-refractivity contribution in [1.29, 1.82) is 0 Å². The van der Waals surface area contributed by atoms with E-state index in [2.05, 4.69) is 62.2 Å². The zero-order chi connectivity index (χ0) is 15.2. The number of hydrogen-bond donors (Lipinski definition) is 1. The van der Waals surface area contributed by atoms with Gasteiger partial charge in [-0.05, 0) is 44.9 Å². The molecule has 0 aliphatic carbocycles. The van der Waals surface area contributed by atoms with Crippen LogP contribution in [0.5, 0.6) is 0 Å². The highest BCUT2D eigenvalue weighted by atomic mass is 16.5. The monoisotopic (exact) mass is 290 g/mol. The lowest BCUT2D eigenvalue weighted by molar-refractivity contribution is 0.0343. The largest absolute Gasteiger partial charge is 0.375 e. The molecule has 1 aliphatic heterocycles. The Balaban J connectivity index is 2.26. The third-order valence-corrected chi connectivity index (χ3v) is 4.28. The van der Waals surface area contributed by atoms with Gasteiger partial charge in [-0.15, -0.1) is 0 Å². The summed E-state index contributed by atoms with van der Waals surface area (Å²) in [5, 5.41) is 3.68. The molecule has 3 heteroatoms. The first-order valence-electron chi connectivity index (χ1n) is 8.37. The standard InChI is InChI=1S/C18H30N2O/c1-5-11-19-17(6-2)16-9-7-8-10-18(16)20-12-15(4)21-13-14(20)3/h7-10,14-15,17,19H,5-6,11-13H2,1-4H3. The van der Waals surface area contributed by atoms with E-state index in [1.54, 1.807) is 0 Å². The van der Waals surface area contributed by atoms with E-state index in [0.29, 0.717) is 18.2 Å². The SMILES string of the molecule is CCCNC(CC)c1ccccc1N1CC(C)OCC1C. The maximum atomic E-state index is 5.78. The quantitative estimate of drug-likeness (QED) is 0.863. The van der Waals surface area contributed by atoms with Gasteiger partial charge in [0, 0.05) is 24.3 Å². The van der Waals surface area contributed by atoms with Crippen LogP contribution in [-0.4, -0.2) is 31.8 Å². The molecule has 0 amide bonds. The number of morpholine rings is 1. The maximum Gasteiger partial charge on any atom is 0.0723 e. The highest BCUT2D eigenvalue weighted by molar-refractivity contribution is 5.56. The molecule has 0 saturated carbocycles. The number of nitrogens with zero attached hydrogens (tertiary/aromatic N) is 1. The second kappa shape index (κ2) is 7.81. The normalized spacial score (nSPS) is 24.1. The van der Waals surface area contributed by atoms with Crippen molar-refractivity contribution in [2.45, 2.75) is 58.7 Å². The zero-order valence-electron chi connectivity index (χ0n) is 13.9. The Hall–Kier alpha value is -1.06. The van der Waals surface area contributed by atoms with Crippen molar-refractivity contribution in [2.24, 2.45) is 0 Å². The fraction of sp³-hybridized carbons (Fsp3) is 0.667. The maximum absolute atomic E-state index is 5.78. The molecular formula is C18H30N2O. The number of rotatable bonds is 6. The number of nitrogens with one attached hydrogen (secondary N) is 1. The summed E-state index contributed by atoms with van der Waals surface area (Å²) in [5.41, 5.74) is 2.80. The molecule has 1 saturated heterocycles. The number of ether oxygens (including phenoxy) is 1. The molecule has 1 aliphatic rings. The van der Waals surface area contributed by atoms with Gasteiger partial charge in [0.05, 0.1) is 12.7 Å². The van der Waals surface area contributed by atoms with Gasteiger partial charge in [0.15, 0.2) is 0 Å². The smallest absolute Gasteiger partial charge is 0.0723 e. The molecule has 21 heavy (non-hydrogen) atoms. The van der Waals surface area contributed by atoms with Crippen LogP contribution in [0.1, 0.15) is 52.1 Å². The van der Waals surface area contributed by atoms with Crippen LogP contribution in [0.15, 0.2) is 24.3 Å². The van der Waals surface area contributed by atoms with Crippen LogP contribution in [-0.2, 0) is 4.74 Å². The van der Waals surface area contributed by atoms with Gasteiger partial charge in [-0.25, -0.2) is 0 Å². The summed E-state index contributed by atoms with van der Waals surface area (Å²) in [6.45, 7) is 11.8. The Morgan fingerprint density at radius 1 is 1.29 bits per heavy atom. The van der Waals surface area contributed by atoms with Gasteiger partial charge in [-0.3, -0.25) is 0 Å². The Morgan fingerprint density at radius 3 is 2.76 bits per heavy atom. The average Bonchev–Trinajstić information content (AvgIpc) is 2.51. The third-order valence-electron chi connectivity index (χ3n) is 4.28. The highest BCUT2D eigenvalue weighted by Crippen LogP contribution is 2.31. The fourth-order valence-corrected chi connectivity index (χ4v) is 3.08. The molecule has 0 radical (unpaired) electrons. The highest BCUT2D eigenvalue weighted by Gasteiger charge is 2.26. The Labute approximate surface area is 129 Å². The van der Waals surface area contributed by atoms with Gasteiger partial charge in [0.1, 0.15) is 0 Å². The minimum atomic E-state index is 0.304. The Kier molecular flexibility index (Phi) is 6.07. The molecule has 3 atom stereocenters. The van der Waals surface area contributed by atoms with E-state index < -0.39 is 0 Å². The first-order valence-corrected chi connectivity index (χ1v) is 8.37. The molecule has 2 rings (SSSR count). The van der Waals surface area contributed by atoms with Gasteiger partial charge in [-0.2, -0.15) is 0 Å². The predicted molar refractivity (Wildman–Crippen MR) is 90.0 cm³/mol. The van der Waals surface area contributed by atoms with Crippen LogP contribution < -0.4 is 10.2 Å². The molecule has 1 heterocycles. The predicted octanol–water partition coefficient (Wildman–Crippen LogP) is 3.75. The van der Waals surface area contributed by atoms with Crippen molar-refractivity contribution in [3.05, 3.63) is 29.8 Å². The molecule has 0 bridgehead atoms. The third kappa shape index (κ3) is 3.98. The van der Waals surface area contributed by atoms with Crippen LogP contribution in [0.3, 0.4) is 0 Å². The summed E-state index contributed by atoms with van der Waals surface area (Å²) in [6, 6.07) is 9.72. The summed E-state index contributed by atoms with van der Waals surface area (Å²) < 4.78 is 5.78. The Morgan fingerprint density at radius 2 is 2.05 bits per heavy atom. The van der Waals surface area contributed by atoms with E-state index in [9.17, 15) is 0 Å². The average molecular weight is 290 g/mol. The molecular weight excluding hydrogens is 260 g/mol. The van der Waals surface area contributed by atoms with Crippen LogP contribution in [0.2, 0.25) is 0 Å². The van der Waals surface area contributed by atoms with Crippen molar-refractivity contribution in [1.82, 2.24) is 5.32 Å². The lowest BCUT2D eigenvalue weighted by Gasteiger charge is -2.40. The summed E-state index contributed by atoms with van der Waals surface area (Å²) >= 11 is 0. The van der Waals surface area contributed by atoms with Gasteiger partial charge in [-0.1, -0.05) is 32.0 Å². The second-order valence-corrected chi connectivity index (χ2v) is 6.12. The van der Waals surface area contributed by atoms with E-state index in [0.717, 1.165) is 26.1 Å². The molecule has 0 spiro atoms. The van der Waals surface area contributed by atoms with E-state index in [1.165, 1.54) is 17.7 Å². The fourth-order valence-electron chi connectivity index (χ4n) is 3.08. The van der Waals surface area contributed by atoms with Crippen molar-refractivity contribution in [3.63, 3.8) is 0 Å². The molecule has 0 aromatic heterocycles. The molecule has 1 N–H and O–H groups in total.